The fourth-order valence-electron chi connectivity index (χ4n) is 2.17. The molecule has 6 heteroatoms. The Kier molecular flexibility index (Phi) is 2.94. The van der Waals surface area contributed by atoms with E-state index in [4.69, 9.17) is 5.73 Å². The standard InChI is InChI=1S/C13H11BrN4O/c14-9-6-10(11(15)17-7-9)13(19)18-5-3-8-2-1-4-16-12(8)18/h1-2,4,6-7H,3,5H2,(H2,15,17). The Morgan fingerprint density at radius 3 is 3.11 bits per heavy atom. The van der Waals surface area contributed by atoms with Crippen LogP contribution in [0.15, 0.2) is 35.1 Å². The quantitative estimate of drug-likeness (QED) is 0.873. The Labute approximate surface area is 118 Å². The van der Waals surface area contributed by atoms with Gasteiger partial charge in [-0.3, -0.25) is 9.69 Å². The highest BCUT2D eigenvalue weighted by atomic mass is 79.9. The summed E-state index contributed by atoms with van der Waals surface area (Å²) >= 11 is 3.30. The van der Waals surface area contributed by atoms with Crippen molar-refractivity contribution in [3.8, 4) is 0 Å². The number of hydrogen-bond acceptors (Lipinski definition) is 4. The third-order valence-electron chi connectivity index (χ3n) is 3.09. The summed E-state index contributed by atoms with van der Waals surface area (Å²) < 4.78 is 0.727. The molecular weight excluding hydrogens is 308 g/mol. The van der Waals surface area contributed by atoms with Crippen molar-refractivity contribution in [2.24, 2.45) is 0 Å². The molecule has 0 saturated carbocycles. The van der Waals surface area contributed by atoms with Gasteiger partial charge in [0.1, 0.15) is 11.6 Å². The topological polar surface area (TPSA) is 72.1 Å². The van der Waals surface area contributed by atoms with E-state index in [0.717, 1.165) is 16.5 Å². The predicted molar refractivity (Wildman–Crippen MR) is 76.0 cm³/mol. The van der Waals surface area contributed by atoms with Crippen LogP contribution >= 0.6 is 15.9 Å². The lowest BCUT2D eigenvalue weighted by atomic mass is 10.2. The number of nitrogen functional groups attached to an aromatic ring is 1. The van der Waals surface area contributed by atoms with E-state index in [1.807, 2.05) is 12.1 Å². The van der Waals surface area contributed by atoms with E-state index in [1.165, 1.54) is 0 Å². The summed E-state index contributed by atoms with van der Waals surface area (Å²) in [5.41, 5.74) is 7.26. The number of fused-ring (bicyclic) bond motifs is 1. The second-order valence-electron chi connectivity index (χ2n) is 4.28. The normalized spacial score (nSPS) is 13.4. The Morgan fingerprint density at radius 1 is 1.42 bits per heavy atom. The molecule has 0 atom stereocenters. The minimum atomic E-state index is -0.163. The van der Waals surface area contributed by atoms with Crippen LogP contribution < -0.4 is 10.6 Å². The number of halogens is 1. The molecule has 0 aromatic carbocycles. The number of pyridine rings is 2. The average molecular weight is 319 g/mol. The Balaban J connectivity index is 2.00. The Bertz CT molecular complexity index is 659. The molecule has 0 fully saturated rings. The molecule has 5 nitrogen and oxygen atoms in total. The maximum atomic E-state index is 12.5. The lowest BCUT2D eigenvalue weighted by Gasteiger charge is -2.16. The number of hydrogen-bond donors (Lipinski definition) is 1. The van der Waals surface area contributed by atoms with E-state index in [-0.39, 0.29) is 11.7 Å². The molecule has 3 rings (SSSR count). The van der Waals surface area contributed by atoms with Crippen LogP contribution in [0, 0.1) is 0 Å². The van der Waals surface area contributed by atoms with Gasteiger partial charge in [0.2, 0.25) is 0 Å². The van der Waals surface area contributed by atoms with Crippen molar-refractivity contribution in [3.63, 3.8) is 0 Å². The largest absolute Gasteiger partial charge is 0.383 e. The van der Waals surface area contributed by atoms with E-state index in [0.29, 0.717) is 17.9 Å². The molecule has 19 heavy (non-hydrogen) atoms. The van der Waals surface area contributed by atoms with E-state index in [9.17, 15) is 4.79 Å². The second-order valence-corrected chi connectivity index (χ2v) is 5.19. The van der Waals surface area contributed by atoms with Crippen molar-refractivity contribution in [2.45, 2.75) is 6.42 Å². The maximum absolute atomic E-state index is 12.5. The van der Waals surface area contributed by atoms with Crippen molar-refractivity contribution in [1.82, 2.24) is 9.97 Å². The predicted octanol–water partition coefficient (Wildman–Crippen LogP) is 2.02. The monoisotopic (exact) mass is 318 g/mol. The number of carbonyl (C=O) groups is 1. The van der Waals surface area contributed by atoms with E-state index in [1.54, 1.807) is 23.4 Å². The van der Waals surface area contributed by atoms with Gasteiger partial charge in [-0.15, -0.1) is 0 Å². The molecule has 1 aliphatic heterocycles. The van der Waals surface area contributed by atoms with Crippen molar-refractivity contribution < 1.29 is 4.79 Å². The first kappa shape index (κ1) is 12.1. The van der Waals surface area contributed by atoms with Gasteiger partial charge < -0.3 is 5.73 Å². The molecule has 1 amide bonds. The minimum absolute atomic E-state index is 0.163. The highest BCUT2D eigenvalue weighted by molar-refractivity contribution is 9.10. The molecule has 0 unspecified atom stereocenters. The molecule has 0 aliphatic carbocycles. The highest BCUT2D eigenvalue weighted by Crippen LogP contribution is 2.28. The minimum Gasteiger partial charge on any atom is -0.383 e. The number of rotatable bonds is 1. The van der Waals surface area contributed by atoms with E-state index >= 15 is 0 Å². The third-order valence-corrected chi connectivity index (χ3v) is 3.52. The number of amides is 1. The Hall–Kier alpha value is -1.95. The van der Waals surface area contributed by atoms with Crippen LogP contribution in [0.25, 0.3) is 0 Å². The molecule has 2 aromatic heterocycles. The zero-order chi connectivity index (χ0) is 13.4. The van der Waals surface area contributed by atoms with Crippen LogP contribution in [0.5, 0.6) is 0 Å². The summed E-state index contributed by atoms with van der Waals surface area (Å²) in [6.45, 7) is 0.622. The van der Waals surface area contributed by atoms with Crippen molar-refractivity contribution in [1.29, 1.82) is 0 Å². The van der Waals surface area contributed by atoms with Crippen LogP contribution in [0.2, 0.25) is 0 Å². The number of nitrogens with two attached hydrogens (primary N) is 1. The van der Waals surface area contributed by atoms with Gasteiger partial charge in [0, 0.05) is 23.4 Å². The van der Waals surface area contributed by atoms with Crippen molar-refractivity contribution >= 4 is 33.5 Å². The molecule has 0 saturated heterocycles. The number of nitrogens with zero attached hydrogens (tertiary/aromatic N) is 3. The van der Waals surface area contributed by atoms with Gasteiger partial charge in [-0.05, 0) is 40.0 Å². The molecular formula is C13H11BrN4O. The molecule has 0 bridgehead atoms. The number of aromatic nitrogens is 2. The van der Waals surface area contributed by atoms with Crippen LogP contribution in [-0.4, -0.2) is 22.4 Å². The molecule has 96 valence electrons. The molecule has 2 N–H and O–H groups in total. The second kappa shape index (κ2) is 4.62. The fraction of sp³-hybridized carbons (Fsp3) is 0.154. The van der Waals surface area contributed by atoms with E-state index in [2.05, 4.69) is 25.9 Å². The van der Waals surface area contributed by atoms with Gasteiger partial charge in [-0.1, -0.05) is 6.07 Å². The first-order valence-electron chi connectivity index (χ1n) is 5.83. The highest BCUT2D eigenvalue weighted by Gasteiger charge is 2.28. The van der Waals surface area contributed by atoms with Crippen LogP contribution in [0.4, 0.5) is 11.6 Å². The lowest BCUT2D eigenvalue weighted by molar-refractivity contribution is 0.0989. The summed E-state index contributed by atoms with van der Waals surface area (Å²) in [6.07, 6.45) is 4.07. The summed E-state index contributed by atoms with van der Waals surface area (Å²) in [7, 11) is 0. The molecule has 0 spiro atoms. The fourth-order valence-corrected chi connectivity index (χ4v) is 2.50. The van der Waals surface area contributed by atoms with Crippen LogP contribution in [-0.2, 0) is 6.42 Å². The van der Waals surface area contributed by atoms with Crippen LogP contribution in [0.3, 0.4) is 0 Å². The van der Waals surface area contributed by atoms with Gasteiger partial charge in [0.15, 0.2) is 0 Å². The van der Waals surface area contributed by atoms with Gasteiger partial charge in [-0.2, -0.15) is 0 Å². The molecule has 3 heterocycles. The first-order chi connectivity index (χ1) is 9.16. The van der Waals surface area contributed by atoms with Gasteiger partial charge in [0.05, 0.1) is 5.56 Å². The molecule has 0 radical (unpaired) electrons. The SMILES string of the molecule is Nc1ncc(Br)cc1C(=O)N1CCc2cccnc21. The van der Waals surface area contributed by atoms with Crippen molar-refractivity contribution in [2.75, 3.05) is 17.2 Å². The van der Waals surface area contributed by atoms with Gasteiger partial charge in [0.25, 0.3) is 5.91 Å². The molecule has 1 aliphatic rings. The van der Waals surface area contributed by atoms with Gasteiger partial charge >= 0.3 is 0 Å². The first-order valence-corrected chi connectivity index (χ1v) is 6.63. The van der Waals surface area contributed by atoms with E-state index < -0.39 is 0 Å². The third kappa shape index (κ3) is 2.08. The summed E-state index contributed by atoms with van der Waals surface area (Å²) in [4.78, 5) is 22.4. The molecule has 2 aromatic rings. The average Bonchev–Trinajstić information content (AvgIpc) is 2.84. The Morgan fingerprint density at radius 2 is 2.26 bits per heavy atom. The summed E-state index contributed by atoms with van der Waals surface area (Å²) in [6, 6.07) is 5.55. The smallest absolute Gasteiger partial charge is 0.263 e. The zero-order valence-corrected chi connectivity index (χ0v) is 11.6. The summed E-state index contributed by atoms with van der Waals surface area (Å²) in [5, 5.41) is 0. The number of anilines is 2. The number of carbonyl (C=O) groups excluding carboxylic acids is 1. The lowest BCUT2D eigenvalue weighted by Crippen LogP contribution is -2.30. The maximum Gasteiger partial charge on any atom is 0.263 e. The van der Waals surface area contributed by atoms with Crippen LogP contribution in [0.1, 0.15) is 15.9 Å². The zero-order valence-electron chi connectivity index (χ0n) is 10.0. The van der Waals surface area contributed by atoms with Gasteiger partial charge in [-0.25, -0.2) is 9.97 Å². The van der Waals surface area contributed by atoms with Crippen molar-refractivity contribution in [3.05, 3.63) is 46.2 Å². The summed E-state index contributed by atoms with van der Waals surface area (Å²) in [5.74, 6) is 0.785.